The molecule has 0 unspecified atom stereocenters. The Bertz CT molecular complexity index is 499. The largest absolute Gasteiger partial charge is 0.381 e. The van der Waals surface area contributed by atoms with Crippen molar-refractivity contribution >= 4 is 17.3 Å². The molecule has 0 saturated carbocycles. The molecule has 0 radical (unpaired) electrons. The number of nitrogens with zero attached hydrogens (tertiary/aromatic N) is 3. The number of halogens is 1. The van der Waals surface area contributed by atoms with Gasteiger partial charge in [0.25, 0.3) is 5.56 Å². The molecule has 1 saturated heterocycles. The van der Waals surface area contributed by atoms with E-state index in [-0.39, 0.29) is 10.6 Å². The zero-order valence-corrected chi connectivity index (χ0v) is 13.3. The molecule has 6 nitrogen and oxygen atoms in total. The van der Waals surface area contributed by atoms with Crippen molar-refractivity contribution in [2.45, 2.75) is 26.3 Å². The normalized spacial score (nSPS) is 16.1. The summed E-state index contributed by atoms with van der Waals surface area (Å²) in [5.74, 6) is 0. The number of unbranched alkanes of at least 4 members (excludes halogenated alkanes) is 1. The van der Waals surface area contributed by atoms with Crippen LogP contribution < -0.4 is 16.2 Å². The number of rotatable bonds is 7. The summed E-state index contributed by atoms with van der Waals surface area (Å²) in [5.41, 5.74) is 0.418. The molecule has 0 aliphatic carbocycles. The Morgan fingerprint density at radius 2 is 2.14 bits per heavy atom. The quantitative estimate of drug-likeness (QED) is 0.787. The maximum Gasteiger partial charge on any atom is 0.287 e. The van der Waals surface area contributed by atoms with E-state index < -0.39 is 0 Å². The second-order valence-electron chi connectivity index (χ2n) is 5.27. The number of piperazine rings is 1. The van der Waals surface area contributed by atoms with E-state index >= 15 is 0 Å². The van der Waals surface area contributed by atoms with Crippen LogP contribution in [0, 0.1) is 0 Å². The van der Waals surface area contributed by atoms with Gasteiger partial charge < -0.3 is 10.6 Å². The van der Waals surface area contributed by atoms with E-state index in [0.29, 0.717) is 12.2 Å². The predicted molar refractivity (Wildman–Crippen MR) is 86.2 cm³/mol. The molecule has 2 rings (SSSR count). The lowest BCUT2D eigenvalue weighted by molar-refractivity contribution is 0.249. The van der Waals surface area contributed by atoms with Crippen molar-refractivity contribution in [3.63, 3.8) is 0 Å². The lowest BCUT2D eigenvalue weighted by atomic mass is 10.3. The van der Waals surface area contributed by atoms with Crippen molar-refractivity contribution in [1.29, 1.82) is 0 Å². The molecule has 118 valence electrons. The summed E-state index contributed by atoms with van der Waals surface area (Å²) in [6.45, 7) is 8.61. The smallest absolute Gasteiger partial charge is 0.287 e. The van der Waals surface area contributed by atoms with Gasteiger partial charge in [-0.15, -0.1) is 0 Å². The number of aromatic nitrogens is 2. The van der Waals surface area contributed by atoms with Gasteiger partial charge in [-0.05, 0) is 6.42 Å². The molecule has 0 bridgehead atoms. The monoisotopic (exact) mass is 313 g/mol. The average Bonchev–Trinajstić information content (AvgIpc) is 2.52. The third kappa shape index (κ3) is 4.69. The summed E-state index contributed by atoms with van der Waals surface area (Å²) in [7, 11) is 0. The van der Waals surface area contributed by atoms with Crippen molar-refractivity contribution in [3.8, 4) is 0 Å². The molecule has 1 aromatic rings. The number of aryl methyl sites for hydroxylation is 1. The maximum absolute atomic E-state index is 12.1. The van der Waals surface area contributed by atoms with Gasteiger partial charge in [0.15, 0.2) is 0 Å². The molecule has 2 heterocycles. The first-order valence-corrected chi connectivity index (χ1v) is 8.02. The van der Waals surface area contributed by atoms with Crippen molar-refractivity contribution in [2.24, 2.45) is 0 Å². The number of anilines is 1. The van der Waals surface area contributed by atoms with E-state index in [4.69, 9.17) is 11.6 Å². The summed E-state index contributed by atoms with van der Waals surface area (Å²) in [6, 6.07) is 0. The third-order valence-electron chi connectivity index (χ3n) is 3.66. The lowest BCUT2D eigenvalue weighted by Crippen LogP contribution is -2.45. The Morgan fingerprint density at radius 1 is 1.38 bits per heavy atom. The number of hydrogen-bond acceptors (Lipinski definition) is 5. The summed E-state index contributed by atoms with van der Waals surface area (Å²) in [4.78, 5) is 14.5. The Hall–Kier alpha value is -1.11. The first-order chi connectivity index (χ1) is 10.2. The van der Waals surface area contributed by atoms with E-state index in [1.165, 1.54) is 4.68 Å². The molecule has 0 spiro atoms. The highest BCUT2D eigenvalue weighted by atomic mass is 35.5. The Labute approximate surface area is 130 Å². The zero-order valence-electron chi connectivity index (χ0n) is 12.6. The van der Waals surface area contributed by atoms with Crippen LogP contribution in [-0.4, -0.2) is 53.9 Å². The van der Waals surface area contributed by atoms with E-state index in [0.717, 1.165) is 52.1 Å². The van der Waals surface area contributed by atoms with Gasteiger partial charge in [0.2, 0.25) is 0 Å². The average molecular weight is 314 g/mol. The first kappa shape index (κ1) is 16.3. The van der Waals surface area contributed by atoms with Gasteiger partial charge in [0.05, 0.1) is 11.9 Å². The molecule has 1 aliphatic heterocycles. The van der Waals surface area contributed by atoms with Crippen molar-refractivity contribution < 1.29 is 0 Å². The molecular formula is C14H24ClN5O. The van der Waals surface area contributed by atoms with Crippen LogP contribution >= 0.6 is 11.6 Å². The predicted octanol–water partition coefficient (Wildman–Crippen LogP) is 1.01. The van der Waals surface area contributed by atoms with Gasteiger partial charge in [-0.3, -0.25) is 9.69 Å². The van der Waals surface area contributed by atoms with Crippen LogP contribution in [0.4, 0.5) is 5.69 Å². The summed E-state index contributed by atoms with van der Waals surface area (Å²) in [5, 5.41) is 11.0. The molecule has 1 aromatic heterocycles. The maximum atomic E-state index is 12.1. The lowest BCUT2D eigenvalue weighted by Gasteiger charge is -2.27. The highest BCUT2D eigenvalue weighted by Crippen LogP contribution is 2.14. The third-order valence-corrected chi connectivity index (χ3v) is 4.03. The van der Waals surface area contributed by atoms with E-state index in [2.05, 4.69) is 27.6 Å². The van der Waals surface area contributed by atoms with Crippen LogP contribution in [0.25, 0.3) is 0 Å². The fourth-order valence-corrected chi connectivity index (χ4v) is 2.55. The molecule has 2 N–H and O–H groups in total. The van der Waals surface area contributed by atoms with Crippen molar-refractivity contribution in [3.05, 3.63) is 21.6 Å². The first-order valence-electron chi connectivity index (χ1n) is 7.65. The highest BCUT2D eigenvalue weighted by molar-refractivity contribution is 6.32. The minimum atomic E-state index is -0.211. The van der Waals surface area contributed by atoms with Crippen LogP contribution in [0.5, 0.6) is 0 Å². The summed E-state index contributed by atoms with van der Waals surface area (Å²) >= 11 is 6.14. The van der Waals surface area contributed by atoms with Gasteiger partial charge in [0, 0.05) is 45.8 Å². The van der Waals surface area contributed by atoms with Gasteiger partial charge >= 0.3 is 0 Å². The minimum Gasteiger partial charge on any atom is -0.381 e. The highest BCUT2D eigenvalue weighted by Gasteiger charge is 2.11. The van der Waals surface area contributed by atoms with Crippen LogP contribution in [0.2, 0.25) is 5.02 Å². The SMILES string of the molecule is CCCCn1ncc(NCCN2CCNCC2)c(Cl)c1=O. The second kappa shape index (κ2) is 8.36. The number of hydrogen-bond donors (Lipinski definition) is 2. The van der Waals surface area contributed by atoms with Gasteiger partial charge in [0.1, 0.15) is 5.02 Å². The van der Waals surface area contributed by atoms with Gasteiger partial charge in [-0.25, -0.2) is 4.68 Å². The number of nitrogens with one attached hydrogen (secondary N) is 2. The van der Waals surface area contributed by atoms with Gasteiger partial charge in [-0.1, -0.05) is 24.9 Å². The van der Waals surface area contributed by atoms with Crippen molar-refractivity contribution in [2.75, 3.05) is 44.6 Å². The molecule has 0 amide bonds. The molecule has 1 aliphatic rings. The molecule has 0 atom stereocenters. The Balaban J connectivity index is 1.88. The zero-order chi connectivity index (χ0) is 15.1. The topological polar surface area (TPSA) is 62.2 Å². The molecule has 0 aromatic carbocycles. The Kier molecular flexibility index (Phi) is 6.48. The van der Waals surface area contributed by atoms with E-state index in [1.807, 2.05) is 0 Å². The van der Waals surface area contributed by atoms with Gasteiger partial charge in [-0.2, -0.15) is 5.10 Å². The molecule has 1 fully saturated rings. The standard InChI is InChI=1S/C14H24ClN5O/c1-2-3-7-20-14(21)13(15)12(11-18-20)17-6-10-19-8-4-16-5-9-19/h11,16-17H,2-10H2,1H3. The fraction of sp³-hybridized carbons (Fsp3) is 0.714. The van der Waals surface area contributed by atoms with Crippen LogP contribution in [0.3, 0.4) is 0 Å². The molecule has 7 heteroatoms. The van der Waals surface area contributed by atoms with Crippen molar-refractivity contribution in [1.82, 2.24) is 20.0 Å². The summed E-state index contributed by atoms with van der Waals surface area (Å²) < 4.78 is 1.44. The molecular weight excluding hydrogens is 290 g/mol. The van der Waals surface area contributed by atoms with Crippen LogP contribution in [-0.2, 0) is 6.54 Å². The van der Waals surface area contributed by atoms with Crippen LogP contribution in [0.1, 0.15) is 19.8 Å². The van der Waals surface area contributed by atoms with Crippen LogP contribution in [0.15, 0.2) is 11.0 Å². The Morgan fingerprint density at radius 3 is 2.86 bits per heavy atom. The summed E-state index contributed by atoms with van der Waals surface area (Å²) in [6.07, 6.45) is 3.60. The second-order valence-corrected chi connectivity index (χ2v) is 5.65. The fourth-order valence-electron chi connectivity index (χ4n) is 2.34. The molecule has 21 heavy (non-hydrogen) atoms. The van der Waals surface area contributed by atoms with E-state index in [9.17, 15) is 4.79 Å². The van der Waals surface area contributed by atoms with E-state index in [1.54, 1.807) is 6.20 Å². The minimum absolute atomic E-state index is 0.211.